The zero-order valence-corrected chi connectivity index (χ0v) is 11.4. The van der Waals surface area contributed by atoms with Crippen molar-refractivity contribution >= 4 is 23.5 Å². The predicted molar refractivity (Wildman–Crippen MR) is 69.3 cm³/mol. The molecule has 1 aliphatic rings. The maximum atomic E-state index is 13.8. The maximum Gasteiger partial charge on any atom is 0.326 e. The van der Waals surface area contributed by atoms with Crippen molar-refractivity contribution in [3.63, 3.8) is 0 Å². The number of likely N-dealkylation sites (tertiary alicyclic amines) is 1. The van der Waals surface area contributed by atoms with Gasteiger partial charge in [-0.1, -0.05) is 11.6 Å². The molecule has 0 aromatic heterocycles. The molecule has 5 nitrogen and oxygen atoms in total. The van der Waals surface area contributed by atoms with Gasteiger partial charge in [-0.2, -0.15) is 0 Å². The Hall–Kier alpha value is -1.66. The zero-order chi connectivity index (χ0) is 14.9. The van der Waals surface area contributed by atoms with E-state index in [1.165, 1.54) is 19.2 Å². The number of carbonyl (C=O) groups is 2. The third-order valence-corrected chi connectivity index (χ3v) is 3.54. The van der Waals surface area contributed by atoms with Gasteiger partial charge in [0, 0.05) is 25.1 Å². The van der Waals surface area contributed by atoms with Crippen molar-refractivity contribution in [2.75, 3.05) is 13.7 Å². The van der Waals surface area contributed by atoms with E-state index in [0.717, 1.165) is 11.0 Å². The SMILES string of the molecule is COC1CC(C(=O)O)N(C(=O)c2ccc(Cl)cc2F)C1. The Morgan fingerprint density at radius 3 is 2.75 bits per heavy atom. The minimum Gasteiger partial charge on any atom is -0.480 e. The lowest BCUT2D eigenvalue weighted by Gasteiger charge is -2.21. The minimum absolute atomic E-state index is 0.119. The van der Waals surface area contributed by atoms with Gasteiger partial charge in [0.15, 0.2) is 0 Å². The molecule has 1 saturated heterocycles. The molecule has 20 heavy (non-hydrogen) atoms. The third-order valence-electron chi connectivity index (χ3n) is 3.30. The van der Waals surface area contributed by atoms with Crippen LogP contribution in [0.1, 0.15) is 16.8 Å². The highest BCUT2D eigenvalue weighted by atomic mass is 35.5. The summed E-state index contributed by atoms with van der Waals surface area (Å²) in [4.78, 5) is 24.6. The first-order valence-electron chi connectivity index (χ1n) is 5.95. The van der Waals surface area contributed by atoms with Crippen LogP contribution in [0.2, 0.25) is 5.02 Å². The van der Waals surface area contributed by atoms with E-state index in [0.29, 0.717) is 0 Å². The second kappa shape index (κ2) is 5.76. The Morgan fingerprint density at radius 1 is 1.50 bits per heavy atom. The lowest BCUT2D eigenvalue weighted by atomic mass is 10.1. The predicted octanol–water partition coefficient (Wildman–Crippen LogP) is 1.79. The summed E-state index contributed by atoms with van der Waals surface area (Å²) in [6.07, 6.45) is -0.178. The largest absolute Gasteiger partial charge is 0.480 e. The summed E-state index contributed by atoms with van der Waals surface area (Å²) in [5, 5.41) is 9.31. The van der Waals surface area contributed by atoms with Crippen LogP contribution in [0.15, 0.2) is 18.2 Å². The number of methoxy groups -OCH3 is 1. The number of amides is 1. The van der Waals surface area contributed by atoms with Crippen molar-refractivity contribution in [2.45, 2.75) is 18.6 Å². The van der Waals surface area contributed by atoms with E-state index in [1.807, 2.05) is 0 Å². The second-order valence-corrected chi connectivity index (χ2v) is 4.97. The molecule has 2 atom stereocenters. The molecule has 1 aliphatic heterocycles. The number of nitrogens with zero attached hydrogens (tertiary/aromatic N) is 1. The van der Waals surface area contributed by atoms with Crippen LogP contribution in [0.3, 0.4) is 0 Å². The molecule has 108 valence electrons. The number of carbonyl (C=O) groups excluding carboxylic acids is 1. The van der Waals surface area contributed by atoms with Gasteiger partial charge in [-0.05, 0) is 18.2 Å². The van der Waals surface area contributed by atoms with Crippen molar-refractivity contribution in [1.82, 2.24) is 4.90 Å². The summed E-state index contributed by atoms with van der Waals surface area (Å²) in [7, 11) is 1.44. The van der Waals surface area contributed by atoms with Crippen LogP contribution in [-0.4, -0.2) is 47.7 Å². The van der Waals surface area contributed by atoms with Gasteiger partial charge in [-0.3, -0.25) is 4.79 Å². The topological polar surface area (TPSA) is 66.8 Å². The van der Waals surface area contributed by atoms with E-state index in [2.05, 4.69) is 0 Å². The van der Waals surface area contributed by atoms with Crippen LogP contribution in [0, 0.1) is 5.82 Å². The molecule has 0 radical (unpaired) electrons. The lowest BCUT2D eigenvalue weighted by Crippen LogP contribution is -2.41. The van der Waals surface area contributed by atoms with Crippen LogP contribution >= 0.6 is 11.6 Å². The summed E-state index contributed by atoms with van der Waals surface area (Å²) >= 11 is 5.63. The Balaban J connectivity index is 2.29. The number of halogens is 2. The molecule has 1 aromatic rings. The highest BCUT2D eigenvalue weighted by Gasteiger charge is 2.40. The number of rotatable bonds is 3. The fourth-order valence-corrected chi connectivity index (χ4v) is 2.40. The smallest absolute Gasteiger partial charge is 0.326 e. The quantitative estimate of drug-likeness (QED) is 0.924. The van der Waals surface area contributed by atoms with Gasteiger partial charge >= 0.3 is 5.97 Å². The lowest BCUT2D eigenvalue weighted by molar-refractivity contribution is -0.141. The molecule has 7 heteroatoms. The van der Waals surface area contributed by atoms with Gasteiger partial charge in [-0.15, -0.1) is 0 Å². The monoisotopic (exact) mass is 301 g/mol. The Labute approximate surface area is 119 Å². The van der Waals surface area contributed by atoms with Gasteiger partial charge in [0.1, 0.15) is 11.9 Å². The molecule has 1 fully saturated rings. The number of hydrogen-bond acceptors (Lipinski definition) is 3. The van der Waals surface area contributed by atoms with Crippen molar-refractivity contribution < 1.29 is 23.8 Å². The molecule has 2 unspecified atom stereocenters. The molecular weight excluding hydrogens is 289 g/mol. The van der Waals surface area contributed by atoms with Crippen LogP contribution in [-0.2, 0) is 9.53 Å². The van der Waals surface area contributed by atoms with E-state index in [4.69, 9.17) is 21.4 Å². The average molecular weight is 302 g/mol. The molecule has 1 N–H and O–H groups in total. The maximum absolute atomic E-state index is 13.8. The second-order valence-electron chi connectivity index (χ2n) is 4.53. The summed E-state index contributed by atoms with van der Waals surface area (Å²) in [5.74, 6) is -2.58. The number of ether oxygens (including phenoxy) is 1. The molecule has 0 spiro atoms. The molecule has 1 aromatic carbocycles. The molecule has 0 aliphatic carbocycles. The summed E-state index contributed by atoms with van der Waals surface area (Å²) < 4.78 is 18.8. The Morgan fingerprint density at radius 2 is 2.20 bits per heavy atom. The molecule has 0 saturated carbocycles. The van der Waals surface area contributed by atoms with Crippen LogP contribution in [0.4, 0.5) is 4.39 Å². The van der Waals surface area contributed by atoms with E-state index in [-0.39, 0.29) is 29.7 Å². The summed E-state index contributed by atoms with van der Waals surface area (Å²) in [5.41, 5.74) is -0.197. The fraction of sp³-hybridized carbons (Fsp3) is 0.385. The molecular formula is C13H13ClFNO4. The fourth-order valence-electron chi connectivity index (χ4n) is 2.24. The number of benzene rings is 1. The highest BCUT2D eigenvalue weighted by Crippen LogP contribution is 2.24. The Kier molecular flexibility index (Phi) is 4.25. The van der Waals surface area contributed by atoms with Crippen molar-refractivity contribution in [3.05, 3.63) is 34.6 Å². The summed E-state index contributed by atoms with van der Waals surface area (Å²) in [6.45, 7) is 0.119. The molecule has 1 heterocycles. The summed E-state index contributed by atoms with van der Waals surface area (Å²) in [6, 6.07) is 2.65. The van der Waals surface area contributed by atoms with Crippen LogP contribution in [0.5, 0.6) is 0 Å². The van der Waals surface area contributed by atoms with Crippen LogP contribution < -0.4 is 0 Å². The average Bonchev–Trinajstić information content (AvgIpc) is 2.82. The van der Waals surface area contributed by atoms with Crippen molar-refractivity contribution in [1.29, 1.82) is 0 Å². The van der Waals surface area contributed by atoms with Gasteiger partial charge < -0.3 is 14.7 Å². The Bertz CT molecular complexity index is 551. The normalized spacial score (nSPS) is 22.1. The van der Waals surface area contributed by atoms with E-state index in [1.54, 1.807) is 0 Å². The first-order valence-corrected chi connectivity index (χ1v) is 6.33. The third kappa shape index (κ3) is 2.76. The van der Waals surface area contributed by atoms with E-state index in [9.17, 15) is 14.0 Å². The van der Waals surface area contributed by atoms with Gasteiger partial charge in [0.25, 0.3) is 5.91 Å². The molecule has 2 rings (SSSR count). The van der Waals surface area contributed by atoms with Gasteiger partial charge in [-0.25, -0.2) is 9.18 Å². The van der Waals surface area contributed by atoms with Gasteiger partial charge in [0.05, 0.1) is 11.7 Å². The van der Waals surface area contributed by atoms with Gasteiger partial charge in [0.2, 0.25) is 0 Å². The highest BCUT2D eigenvalue weighted by molar-refractivity contribution is 6.30. The number of carboxylic acids is 1. The molecule has 1 amide bonds. The number of hydrogen-bond donors (Lipinski definition) is 1. The number of carboxylic acid groups (broad SMARTS) is 1. The minimum atomic E-state index is -1.13. The van der Waals surface area contributed by atoms with E-state index >= 15 is 0 Å². The zero-order valence-electron chi connectivity index (χ0n) is 10.7. The van der Waals surface area contributed by atoms with Crippen molar-refractivity contribution in [3.8, 4) is 0 Å². The van der Waals surface area contributed by atoms with Crippen LogP contribution in [0.25, 0.3) is 0 Å². The van der Waals surface area contributed by atoms with E-state index < -0.39 is 23.7 Å². The number of aliphatic carboxylic acids is 1. The first-order chi connectivity index (χ1) is 9.43. The standard InChI is InChI=1S/C13H13ClFNO4/c1-20-8-5-11(13(18)19)16(6-8)12(17)9-3-2-7(14)4-10(9)15/h2-4,8,11H,5-6H2,1H3,(H,18,19). The first kappa shape index (κ1) is 14.7. The molecule has 0 bridgehead atoms. The van der Waals surface area contributed by atoms with Crippen molar-refractivity contribution in [2.24, 2.45) is 0 Å².